The van der Waals surface area contributed by atoms with Crippen LogP contribution < -0.4 is 0 Å². The molecule has 21 heavy (non-hydrogen) atoms. The maximum atomic E-state index is 12.4. The Balaban J connectivity index is 1.55. The molecule has 0 radical (unpaired) electrons. The Kier molecular flexibility index (Phi) is 4.22. The van der Waals surface area contributed by atoms with Gasteiger partial charge in [-0.05, 0) is 25.3 Å². The fourth-order valence-electron chi connectivity index (χ4n) is 3.20. The van der Waals surface area contributed by atoms with Crippen LogP contribution in [-0.4, -0.2) is 58.0 Å². The van der Waals surface area contributed by atoms with Crippen LogP contribution in [0, 0.1) is 0 Å². The number of amides is 2. The van der Waals surface area contributed by atoms with Crippen LogP contribution in [-0.2, 0) is 9.59 Å². The van der Waals surface area contributed by atoms with Gasteiger partial charge in [-0.2, -0.15) is 5.10 Å². The Morgan fingerprint density at radius 3 is 3.05 bits per heavy atom. The number of nitrogens with zero attached hydrogens (tertiary/aromatic N) is 3. The molecule has 3 rings (SSSR count). The number of aromatic amines is 1. The second-order valence-electron chi connectivity index (χ2n) is 5.96. The van der Waals surface area contributed by atoms with Crippen LogP contribution in [0.2, 0.25) is 0 Å². The van der Waals surface area contributed by atoms with E-state index in [0.717, 1.165) is 51.0 Å². The molecule has 2 amide bonds. The van der Waals surface area contributed by atoms with Crippen molar-refractivity contribution in [3.05, 3.63) is 18.0 Å². The number of hydrogen-bond acceptors (Lipinski definition) is 3. The van der Waals surface area contributed by atoms with Crippen LogP contribution >= 0.6 is 0 Å². The topological polar surface area (TPSA) is 69.3 Å². The van der Waals surface area contributed by atoms with Gasteiger partial charge < -0.3 is 9.80 Å². The van der Waals surface area contributed by atoms with Crippen molar-refractivity contribution in [3.8, 4) is 0 Å². The smallest absolute Gasteiger partial charge is 0.242 e. The SMILES string of the molecule is O=C1CCCCCN1CC(=O)N1CC[C@@H](c2ccn[nH]2)C1. The molecule has 1 aromatic heterocycles. The molecule has 114 valence electrons. The Bertz CT molecular complexity index is 500. The van der Waals surface area contributed by atoms with Crippen molar-refractivity contribution >= 4 is 11.8 Å². The van der Waals surface area contributed by atoms with Crippen molar-refractivity contribution in [3.63, 3.8) is 0 Å². The van der Waals surface area contributed by atoms with Crippen LogP contribution in [0.25, 0.3) is 0 Å². The fourth-order valence-corrected chi connectivity index (χ4v) is 3.20. The lowest BCUT2D eigenvalue weighted by Gasteiger charge is -2.23. The number of nitrogens with one attached hydrogen (secondary N) is 1. The van der Waals surface area contributed by atoms with E-state index in [1.807, 2.05) is 11.0 Å². The van der Waals surface area contributed by atoms with Crippen LogP contribution in [0.4, 0.5) is 0 Å². The lowest BCUT2D eigenvalue weighted by molar-refractivity contribution is -0.139. The normalized spacial score (nSPS) is 23.4. The number of H-pyrrole nitrogens is 1. The monoisotopic (exact) mass is 290 g/mol. The first-order valence-corrected chi connectivity index (χ1v) is 7.79. The Morgan fingerprint density at radius 1 is 1.33 bits per heavy atom. The summed E-state index contributed by atoms with van der Waals surface area (Å²) in [6, 6.07) is 1.97. The fraction of sp³-hybridized carbons (Fsp3) is 0.667. The summed E-state index contributed by atoms with van der Waals surface area (Å²) in [5.41, 5.74) is 1.09. The Morgan fingerprint density at radius 2 is 2.24 bits per heavy atom. The zero-order valence-electron chi connectivity index (χ0n) is 12.3. The lowest BCUT2D eigenvalue weighted by Crippen LogP contribution is -2.41. The lowest BCUT2D eigenvalue weighted by atomic mass is 10.1. The van der Waals surface area contributed by atoms with Gasteiger partial charge in [-0.25, -0.2) is 0 Å². The minimum absolute atomic E-state index is 0.0762. The molecule has 1 aromatic rings. The van der Waals surface area contributed by atoms with E-state index in [1.54, 1.807) is 11.1 Å². The van der Waals surface area contributed by atoms with Gasteiger partial charge in [0.1, 0.15) is 0 Å². The average molecular weight is 290 g/mol. The maximum absolute atomic E-state index is 12.4. The van der Waals surface area contributed by atoms with Crippen molar-refractivity contribution in [2.24, 2.45) is 0 Å². The van der Waals surface area contributed by atoms with Crippen molar-refractivity contribution in [2.75, 3.05) is 26.2 Å². The zero-order chi connectivity index (χ0) is 14.7. The number of carbonyl (C=O) groups is 2. The third-order valence-corrected chi connectivity index (χ3v) is 4.50. The van der Waals surface area contributed by atoms with Gasteiger partial charge in [-0.1, -0.05) is 6.42 Å². The molecule has 2 saturated heterocycles. The summed E-state index contributed by atoms with van der Waals surface area (Å²) in [6.07, 6.45) is 6.34. The van der Waals surface area contributed by atoms with Gasteiger partial charge in [0.2, 0.25) is 11.8 Å². The maximum Gasteiger partial charge on any atom is 0.242 e. The van der Waals surface area contributed by atoms with E-state index in [1.165, 1.54) is 0 Å². The van der Waals surface area contributed by atoms with E-state index in [9.17, 15) is 9.59 Å². The molecular formula is C15H22N4O2. The molecule has 0 unspecified atom stereocenters. The van der Waals surface area contributed by atoms with Crippen LogP contribution in [0.3, 0.4) is 0 Å². The third kappa shape index (κ3) is 3.25. The van der Waals surface area contributed by atoms with Crippen molar-refractivity contribution in [1.29, 1.82) is 0 Å². The van der Waals surface area contributed by atoms with Crippen LogP contribution in [0.5, 0.6) is 0 Å². The summed E-state index contributed by atoms with van der Waals surface area (Å²) in [5.74, 6) is 0.550. The first kappa shape index (κ1) is 14.1. The molecule has 0 saturated carbocycles. The van der Waals surface area contributed by atoms with Gasteiger partial charge in [0.05, 0.1) is 6.54 Å². The predicted octanol–water partition coefficient (Wildman–Crippen LogP) is 1.13. The summed E-state index contributed by atoms with van der Waals surface area (Å²) < 4.78 is 0. The highest BCUT2D eigenvalue weighted by Crippen LogP contribution is 2.25. The predicted molar refractivity (Wildman–Crippen MR) is 77.6 cm³/mol. The highest BCUT2D eigenvalue weighted by molar-refractivity contribution is 5.85. The molecular weight excluding hydrogens is 268 g/mol. The Labute approximate surface area is 124 Å². The molecule has 6 nitrogen and oxygen atoms in total. The number of carbonyl (C=O) groups excluding carboxylic acids is 2. The number of hydrogen-bond donors (Lipinski definition) is 1. The summed E-state index contributed by atoms with van der Waals surface area (Å²) in [5, 5.41) is 6.95. The van der Waals surface area contributed by atoms with Crippen molar-refractivity contribution < 1.29 is 9.59 Å². The summed E-state index contributed by atoms with van der Waals surface area (Å²) in [6.45, 7) is 2.46. The molecule has 1 N–H and O–H groups in total. The van der Waals surface area contributed by atoms with Crippen LogP contribution in [0.1, 0.15) is 43.7 Å². The standard InChI is InChI=1S/C15H22N4O2/c20-14-4-2-1-3-8-18(14)11-15(21)19-9-6-12(10-19)13-5-7-16-17-13/h5,7,12H,1-4,6,8-11H2,(H,16,17)/t12-/m1/s1. The number of aromatic nitrogens is 2. The van der Waals surface area contributed by atoms with E-state index in [0.29, 0.717) is 12.3 Å². The molecule has 2 aliphatic heterocycles. The van der Waals surface area contributed by atoms with Gasteiger partial charge in [0, 0.05) is 43.9 Å². The van der Waals surface area contributed by atoms with E-state index >= 15 is 0 Å². The number of rotatable bonds is 3. The van der Waals surface area contributed by atoms with Gasteiger partial charge in [0.25, 0.3) is 0 Å². The second-order valence-corrected chi connectivity index (χ2v) is 5.96. The van der Waals surface area contributed by atoms with E-state index in [-0.39, 0.29) is 18.4 Å². The minimum Gasteiger partial charge on any atom is -0.340 e. The minimum atomic E-state index is 0.0762. The molecule has 2 aliphatic rings. The number of likely N-dealkylation sites (tertiary alicyclic amines) is 2. The Hall–Kier alpha value is -1.85. The molecule has 3 heterocycles. The molecule has 0 aliphatic carbocycles. The van der Waals surface area contributed by atoms with Gasteiger partial charge in [0.15, 0.2) is 0 Å². The van der Waals surface area contributed by atoms with Crippen LogP contribution in [0.15, 0.2) is 12.3 Å². The molecule has 2 fully saturated rings. The van der Waals surface area contributed by atoms with E-state index < -0.39 is 0 Å². The van der Waals surface area contributed by atoms with Crippen molar-refractivity contribution in [1.82, 2.24) is 20.0 Å². The van der Waals surface area contributed by atoms with Gasteiger partial charge >= 0.3 is 0 Å². The average Bonchev–Trinajstić information content (AvgIpc) is 3.12. The van der Waals surface area contributed by atoms with Gasteiger partial charge in [-0.15, -0.1) is 0 Å². The summed E-state index contributed by atoms with van der Waals surface area (Å²) in [7, 11) is 0. The van der Waals surface area contributed by atoms with E-state index in [4.69, 9.17) is 0 Å². The summed E-state index contributed by atoms with van der Waals surface area (Å²) in [4.78, 5) is 28.0. The molecule has 0 bridgehead atoms. The van der Waals surface area contributed by atoms with Crippen molar-refractivity contribution in [2.45, 2.75) is 38.0 Å². The highest BCUT2D eigenvalue weighted by Gasteiger charge is 2.29. The molecule has 1 atom stereocenters. The molecule has 6 heteroatoms. The van der Waals surface area contributed by atoms with Gasteiger partial charge in [-0.3, -0.25) is 14.7 Å². The third-order valence-electron chi connectivity index (χ3n) is 4.50. The van der Waals surface area contributed by atoms with E-state index in [2.05, 4.69) is 10.2 Å². The first-order chi connectivity index (χ1) is 10.2. The highest BCUT2D eigenvalue weighted by atomic mass is 16.2. The zero-order valence-corrected chi connectivity index (χ0v) is 12.3. The largest absolute Gasteiger partial charge is 0.340 e. The molecule has 0 aromatic carbocycles. The second kappa shape index (κ2) is 6.28. The summed E-state index contributed by atoms with van der Waals surface area (Å²) >= 11 is 0. The first-order valence-electron chi connectivity index (χ1n) is 7.79. The quantitative estimate of drug-likeness (QED) is 0.907. The molecule has 0 spiro atoms.